The number of aromatic hydroxyl groups is 1. The Bertz CT molecular complexity index is 713. The number of benzene rings is 1. The molecule has 120 valence electrons. The Labute approximate surface area is 136 Å². The summed E-state index contributed by atoms with van der Waals surface area (Å²) in [6.07, 6.45) is 3.34. The summed E-state index contributed by atoms with van der Waals surface area (Å²) in [5, 5.41) is 28.7. The van der Waals surface area contributed by atoms with Gasteiger partial charge in [0.15, 0.2) is 5.17 Å². The molecule has 0 bridgehead atoms. The van der Waals surface area contributed by atoms with Gasteiger partial charge in [0.2, 0.25) is 5.91 Å². The van der Waals surface area contributed by atoms with Crippen LogP contribution in [0.25, 0.3) is 0 Å². The third kappa shape index (κ3) is 3.70. The molecule has 3 N–H and O–H groups in total. The summed E-state index contributed by atoms with van der Waals surface area (Å²) in [5.41, 5.74) is 1.49. The molecule has 1 saturated heterocycles. The van der Waals surface area contributed by atoms with Crippen molar-refractivity contribution in [2.75, 3.05) is 0 Å². The minimum absolute atomic E-state index is 0.214. The molecule has 7 nitrogen and oxygen atoms in total. The van der Waals surface area contributed by atoms with E-state index in [1.54, 1.807) is 6.07 Å². The van der Waals surface area contributed by atoms with E-state index >= 15 is 0 Å². The lowest BCUT2D eigenvalue weighted by Gasteiger charge is -2.04. The molecule has 23 heavy (non-hydrogen) atoms. The van der Waals surface area contributed by atoms with Crippen molar-refractivity contribution in [2.45, 2.75) is 30.4 Å². The molecule has 1 aromatic carbocycles. The summed E-state index contributed by atoms with van der Waals surface area (Å²) in [7, 11) is 0. The fourth-order valence-corrected chi connectivity index (χ4v) is 3.21. The molecule has 0 aromatic heterocycles. The number of nitrogens with one attached hydrogen (secondary N) is 1. The van der Waals surface area contributed by atoms with Crippen molar-refractivity contribution in [3.05, 3.63) is 29.3 Å². The van der Waals surface area contributed by atoms with E-state index in [0.717, 1.165) is 30.2 Å². The van der Waals surface area contributed by atoms with Crippen LogP contribution >= 0.6 is 11.8 Å². The number of phenolic OH excluding ortho intramolecular Hbond substituents is 1. The summed E-state index contributed by atoms with van der Waals surface area (Å²) >= 11 is 1.04. The van der Waals surface area contributed by atoms with Crippen LogP contribution in [0.15, 0.2) is 28.4 Å². The number of thioether (sulfide) groups is 1. The topological polar surface area (TPSA) is 111 Å². The normalized spacial score (nSPS) is 22.7. The molecule has 1 aliphatic carbocycles. The first-order chi connectivity index (χ1) is 11.0. The number of carboxylic acid groups (broad SMARTS) is 1. The fourth-order valence-electron chi connectivity index (χ4n) is 2.30. The molecule has 1 amide bonds. The summed E-state index contributed by atoms with van der Waals surface area (Å²) in [6, 6.07) is 5.50. The maximum absolute atomic E-state index is 11.6. The molecule has 1 unspecified atom stereocenters. The van der Waals surface area contributed by atoms with E-state index in [9.17, 15) is 14.7 Å². The number of amidine groups is 1. The number of phenols is 1. The van der Waals surface area contributed by atoms with Crippen LogP contribution in [0.3, 0.4) is 0 Å². The Morgan fingerprint density at radius 1 is 1.43 bits per heavy atom. The van der Waals surface area contributed by atoms with E-state index in [4.69, 9.17) is 5.11 Å². The van der Waals surface area contributed by atoms with Crippen molar-refractivity contribution in [1.82, 2.24) is 5.32 Å². The number of hydrogen-bond acceptors (Lipinski definition) is 6. The average Bonchev–Trinajstić information content (AvgIpc) is 3.27. The molecule has 1 heterocycles. The first-order valence-electron chi connectivity index (χ1n) is 7.17. The molecule has 1 aromatic rings. The molecule has 8 heteroatoms. The fraction of sp³-hybridized carbons (Fsp3) is 0.333. The monoisotopic (exact) mass is 333 g/mol. The van der Waals surface area contributed by atoms with Crippen LogP contribution in [0.1, 0.15) is 36.3 Å². The maximum Gasteiger partial charge on any atom is 0.305 e. The smallest absolute Gasteiger partial charge is 0.305 e. The first kappa shape index (κ1) is 15.5. The van der Waals surface area contributed by atoms with Gasteiger partial charge in [-0.1, -0.05) is 23.9 Å². The minimum Gasteiger partial charge on any atom is -0.507 e. The van der Waals surface area contributed by atoms with Gasteiger partial charge >= 0.3 is 5.97 Å². The van der Waals surface area contributed by atoms with Gasteiger partial charge in [-0.2, -0.15) is 5.10 Å². The number of nitrogens with zero attached hydrogens (tertiary/aromatic N) is 2. The van der Waals surface area contributed by atoms with E-state index in [1.165, 1.54) is 6.21 Å². The minimum atomic E-state index is -1.04. The van der Waals surface area contributed by atoms with E-state index in [1.807, 2.05) is 12.1 Å². The number of carbonyl (C=O) groups is 2. The SMILES string of the molecule is O=C(O)CC1SC(=NN=Cc2cccc(C3CC3)c2O)NC1=O. The zero-order valence-corrected chi connectivity index (χ0v) is 12.9. The average molecular weight is 333 g/mol. The summed E-state index contributed by atoms with van der Waals surface area (Å²) in [6.45, 7) is 0. The van der Waals surface area contributed by atoms with E-state index in [0.29, 0.717) is 11.5 Å². The Balaban J connectivity index is 1.68. The van der Waals surface area contributed by atoms with Gasteiger partial charge in [0.25, 0.3) is 0 Å². The predicted molar refractivity (Wildman–Crippen MR) is 86.9 cm³/mol. The van der Waals surface area contributed by atoms with E-state index in [2.05, 4.69) is 15.5 Å². The molecule has 2 aliphatic rings. The Morgan fingerprint density at radius 3 is 2.91 bits per heavy atom. The van der Waals surface area contributed by atoms with Crippen LogP contribution in [0.2, 0.25) is 0 Å². The third-order valence-electron chi connectivity index (χ3n) is 3.60. The number of carboxylic acids is 1. The number of hydrogen-bond donors (Lipinski definition) is 3. The lowest BCUT2D eigenvalue weighted by atomic mass is 10.1. The molecule has 0 radical (unpaired) electrons. The zero-order chi connectivity index (χ0) is 16.4. The van der Waals surface area contributed by atoms with Crippen molar-refractivity contribution in [3.8, 4) is 5.75 Å². The highest BCUT2D eigenvalue weighted by molar-refractivity contribution is 8.15. The van der Waals surface area contributed by atoms with Crippen LogP contribution < -0.4 is 5.32 Å². The first-order valence-corrected chi connectivity index (χ1v) is 8.05. The van der Waals surface area contributed by atoms with Gasteiger partial charge in [0.05, 0.1) is 12.6 Å². The standard InChI is InChI=1S/C15H15N3O4S/c19-12(20)6-11-14(22)17-15(23-11)18-16-7-9-2-1-3-10(13(9)21)8-4-5-8/h1-3,7-8,11,21H,4-6H2,(H,19,20)(H,17,18,22). The van der Waals surface area contributed by atoms with Gasteiger partial charge < -0.3 is 15.5 Å². The highest BCUT2D eigenvalue weighted by atomic mass is 32.2. The number of aliphatic carboxylic acids is 1. The number of para-hydroxylation sites is 1. The number of amides is 1. The van der Waals surface area contributed by atoms with Crippen molar-refractivity contribution in [3.63, 3.8) is 0 Å². The lowest BCUT2D eigenvalue weighted by molar-refractivity contribution is -0.138. The van der Waals surface area contributed by atoms with Gasteiger partial charge in [-0.05, 0) is 30.4 Å². The maximum atomic E-state index is 11.6. The summed E-state index contributed by atoms with van der Waals surface area (Å²) in [4.78, 5) is 22.2. The lowest BCUT2D eigenvalue weighted by Crippen LogP contribution is -2.26. The van der Waals surface area contributed by atoms with Gasteiger partial charge in [-0.3, -0.25) is 9.59 Å². The Kier molecular flexibility index (Phi) is 4.33. The molecule has 1 atom stereocenters. The molecule has 0 spiro atoms. The predicted octanol–water partition coefficient (Wildman–Crippen LogP) is 1.67. The van der Waals surface area contributed by atoms with E-state index < -0.39 is 11.2 Å². The van der Waals surface area contributed by atoms with Crippen molar-refractivity contribution in [1.29, 1.82) is 0 Å². The molecule has 2 fully saturated rings. The molecule has 1 saturated carbocycles. The largest absolute Gasteiger partial charge is 0.507 e. The second kappa shape index (κ2) is 6.41. The Hall–Kier alpha value is -2.35. The second-order valence-corrected chi connectivity index (χ2v) is 6.59. The zero-order valence-electron chi connectivity index (χ0n) is 12.1. The number of carbonyl (C=O) groups excluding carboxylic acids is 1. The van der Waals surface area contributed by atoms with Crippen molar-refractivity contribution in [2.24, 2.45) is 10.2 Å². The highest BCUT2D eigenvalue weighted by Gasteiger charge is 2.32. The van der Waals surface area contributed by atoms with Gasteiger partial charge in [0, 0.05) is 5.56 Å². The van der Waals surface area contributed by atoms with Crippen LogP contribution in [0, 0.1) is 0 Å². The van der Waals surface area contributed by atoms with Crippen LogP contribution in [0.4, 0.5) is 0 Å². The van der Waals surface area contributed by atoms with Crippen molar-refractivity contribution < 1.29 is 19.8 Å². The van der Waals surface area contributed by atoms with Crippen LogP contribution in [-0.2, 0) is 9.59 Å². The highest BCUT2D eigenvalue weighted by Crippen LogP contribution is 2.44. The van der Waals surface area contributed by atoms with E-state index in [-0.39, 0.29) is 23.2 Å². The van der Waals surface area contributed by atoms with Crippen molar-refractivity contribution >= 4 is 35.0 Å². The van der Waals surface area contributed by atoms with Gasteiger partial charge in [-0.15, -0.1) is 5.10 Å². The second-order valence-electron chi connectivity index (χ2n) is 5.40. The molecule has 1 aliphatic heterocycles. The third-order valence-corrected chi connectivity index (χ3v) is 4.67. The molecular weight excluding hydrogens is 318 g/mol. The Morgan fingerprint density at radius 2 is 2.22 bits per heavy atom. The summed E-state index contributed by atoms with van der Waals surface area (Å²) in [5.74, 6) is -0.781. The van der Waals surface area contributed by atoms with Gasteiger partial charge in [-0.25, -0.2) is 0 Å². The molecular formula is C15H15N3O4S. The summed E-state index contributed by atoms with van der Waals surface area (Å²) < 4.78 is 0. The van der Waals surface area contributed by atoms with Crippen LogP contribution in [0.5, 0.6) is 5.75 Å². The number of rotatable bonds is 5. The molecule has 3 rings (SSSR count). The van der Waals surface area contributed by atoms with Crippen LogP contribution in [-0.4, -0.2) is 38.7 Å². The quantitative estimate of drug-likeness (QED) is 0.560. The van der Waals surface area contributed by atoms with Gasteiger partial charge in [0.1, 0.15) is 11.0 Å².